The summed E-state index contributed by atoms with van der Waals surface area (Å²) in [6.07, 6.45) is 0. The van der Waals surface area contributed by atoms with Gasteiger partial charge in [-0.1, -0.05) is 12.1 Å². The summed E-state index contributed by atoms with van der Waals surface area (Å²) >= 11 is 0. The summed E-state index contributed by atoms with van der Waals surface area (Å²) in [5, 5.41) is 2.55. The Balaban J connectivity index is 2.26. The largest absolute Gasteiger partial charge is 0.322 e. The van der Waals surface area contributed by atoms with Gasteiger partial charge in [0.05, 0.1) is 5.56 Å². The highest BCUT2D eigenvalue weighted by Gasteiger charge is 2.15. The maximum absolute atomic E-state index is 13.5. The van der Waals surface area contributed by atoms with Crippen LogP contribution in [0.4, 0.5) is 14.5 Å². The van der Waals surface area contributed by atoms with Crippen LogP contribution in [0, 0.1) is 25.5 Å². The first-order valence-corrected chi connectivity index (χ1v) is 5.81. The Labute approximate surface area is 110 Å². The van der Waals surface area contributed by atoms with E-state index in [4.69, 9.17) is 0 Å². The average molecular weight is 261 g/mol. The number of hydrogen-bond donors (Lipinski definition) is 1. The second kappa shape index (κ2) is 5.18. The molecule has 0 aliphatic carbocycles. The highest BCUT2D eigenvalue weighted by molar-refractivity contribution is 6.04. The maximum Gasteiger partial charge on any atom is 0.258 e. The minimum absolute atomic E-state index is 0.307. The number of amides is 1. The molecule has 0 saturated heterocycles. The van der Waals surface area contributed by atoms with Gasteiger partial charge in [-0.3, -0.25) is 4.79 Å². The van der Waals surface area contributed by atoms with E-state index < -0.39 is 17.5 Å². The van der Waals surface area contributed by atoms with Crippen molar-refractivity contribution in [1.82, 2.24) is 0 Å². The number of rotatable bonds is 2. The molecule has 4 heteroatoms. The zero-order valence-electron chi connectivity index (χ0n) is 10.6. The maximum atomic E-state index is 13.5. The number of benzene rings is 2. The van der Waals surface area contributed by atoms with Crippen LogP contribution in [0.2, 0.25) is 0 Å². The minimum Gasteiger partial charge on any atom is -0.322 e. The number of halogens is 2. The normalized spacial score (nSPS) is 10.3. The molecular weight excluding hydrogens is 248 g/mol. The second-order valence-corrected chi connectivity index (χ2v) is 4.35. The second-order valence-electron chi connectivity index (χ2n) is 4.35. The lowest BCUT2D eigenvalue weighted by Crippen LogP contribution is -2.14. The minimum atomic E-state index is -1.14. The summed E-state index contributed by atoms with van der Waals surface area (Å²) in [5.74, 6) is -2.84. The van der Waals surface area contributed by atoms with Crippen molar-refractivity contribution >= 4 is 11.6 Å². The number of hydrogen-bond acceptors (Lipinski definition) is 1. The van der Waals surface area contributed by atoms with Gasteiger partial charge in [0.2, 0.25) is 0 Å². The summed E-state index contributed by atoms with van der Waals surface area (Å²) in [6.45, 7) is 3.86. The number of nitrogens with one attached hydrogen (secondary N) is 1. The molecule has 2 nitrogen and oxygen atoms in total. The van der Waals surface area contributed by atoms with E-state index in [1.807, 2.05) is 19.9 Å². The Morgan fingerprint density at radius 2 is 1.79 bits per heavy atom. The molecular formula is C15H13F2NO. The number of aryl methyl sites for hydroxylation is 2. The molecule has 1 N–H and O–H groups in total. The van der Waals surface area contributed by atoms with E-state index in [9.17, 15) is 13.6 Å². The van der Waals surface area contributed by atoms with Gasteiger partial charge in [-0.05, 0) is 49.2 Å². The van der Waals surface area contributed by atoms with Gasteiger partial charge < -0.3 is 5.32 Å². The predicted octanol–water partition coefficient (Wildman–Crippen LogP) is 3.83. The summed E-state index contributed by atoms with van der Waals surface area (Å²) in [7, 11) is 0. The monoisotopic (exact) mass is 261 g/mol. The Morgan fingerprint density at radius 3 is 2.47 bits per heavy atom. The van der Waals surface area contributed by atoms with Crippen molar-refractivity contribution in [2.45, 2.75) is 13.8 Å². The Bertz CT molecular complexity index is 638. The van der Waals surface area contributed by atoms with Crippen molar-refractivity contribution in [2.75, 3.05) is 5.32 Å². The van der Waals surface area contributed by atoms with Gasteiger partial charge in [0.15, 0.2) is 11.6 Å². The average Bonchev–Trinajstić information content (AvgIpc) is 2.37. The lowest BCUT2D eigenvalue weighted by molar-refractivity contribution is 0.102. The molecule has 0 heterocycles. The fraction of sp³-hybridized carbons (Fsp3) is 0.133. The topological polar surface area (TPSA) is 29.1 Å². The number of carbonyl (C=O) groups excluding carboxylic acids is 1. The number of anilines is 1. The molecule has 2 rings (SSSR count). The molecule has 0 atom stereocenters. The van der Waals surface area contributed by atoms with Crippen LogP contribution >= 0.6 is 0 Å². The van der Waals surface area contributed by atoms with Gasteiger partial charge in [-0.25, -0.2) is 8.78 Å². The molecule has 2 aromatic rings. The third-order valence-corrected chi connectivity index (χ3v) is 2.96. The van der Waals surface area contributed by atoms with Crippen LogP contribution in [0.3, 0.4) is 0 Å². The quantitative estimate of drug-likeness (QED) is 0.874. The standard InChI is InChI=1S/C15H13F2NO/c1-9-6-7-11(8-10(9)2)18-15(19)12-4-3-5-13(16)14(12)17/h3-8H,1-2H3,(H,18,19). The van der Waals surface area contributed by atoms with Gasteiger partial charge in [0.25, 0.3) is 5.91 Å². The van der Waals surface area contributed by atoms with Crippen molar-refractivity contribution in [3.8, 4) is 0 Å². The first kappa shape index (κ1) is 13.2. The summed E-state index contributed by atoms with van der Waals surface area (Å²) in [6, 6.07) is 8.87. The molecule has 0 aliphatic rings. The van der Waals surface area contributed by atoms with Crippen molar-refractivity contribution in [3.63, 3.8) is 0 Å². The van der Waals surface area contributed by atoms with E-state index in [1.165, 1.54) is 12.1 Å². The van der Waals surface area contributed by atoms with Crippen LogP contribution in [0.1, 0.15) is 21.5 Å². The fourth-order valence-corrected chi connectivity index (χ4v) is 1.70. The zero-order valence-corrected chi connectivity index (χ0v) is 10.6. The summed E-state index contributed by atoms with van der Waals surface area (Å²) in [5.41, 5.74) is 2.35. The van der Waals surface area contributed by atoms with Gasteiger partial charge in [-0.15, -0.1) is 0 Å². The Hall–Kier alpha value is -2.23. The van der Waals surface area contributed by atoms with Crippen molar-refractivity contribution < 1.29 is 13.6 Å². The van der Waals surface area contributed by atoms with E-state index in [2.05, 4.69) is 5.32 Å². The van der Waals surface area contributed by atoms with Crippen LogP contribution < -0.4 is 5.32 Å². The molecule has 98 valence electrons. The lowest BCUT2D eigenvalue weighted by Gasteiger charge is -2.08. The van der Waals surface area contributed by atoms with Gasteiger partial charge >= 0.3 is 0 Å². The van der Waals surface area contributed by atoms with Gasteiger partial charge in [-0.2, -0.15) is 0 Å². The van der Waals surface area contributed by atoms with E-state index in [-0.39, 0.29) is 5.56 Å². The molecule has 0 fully saturated rings. The smallest absolute Gasteiger partial charge is 0.258 e. The first-order chi connectivity index (χ1) is 8.99. The third-order valence-electron chi connectivity index (χ3n) is 2.96. The highest BCUT2D eigenvalue weighted by atomic mass is 19.2. The SMILES string of the molecule is Cc1ccc(NC(=O)c2cccc(F)c2F)cc1C. The molecule has 0 bridgehead atoms. The van der Waals surface area contributed by atoms with E-state index >= 15 is 0 Å². The molecule has 1 amide bonds. The molecule has 0 spiro atoms. The van der Waals surface area contributed by atoms with E-state index in [0.29, 0.717) is 5.69 Å². The van der Waals surface area contributed by atoms with Crippen LogP contribution in [0.25, 0.3) is 0 Å². The predicted molar refractivity (Wildman–Crippen MR) is 70.2 cm³/mol. The van der Waals surface area contributed by atoms with Gasteiger partial charge in [0, 0.05) is 5.69 Å². The van der Waals surface area contributed by atoms with Crippen molar-refractivity contribution in [1.29, 1.82) is 0 Å². The molecule has 0 aromatic heterocycles. The molecule has 0 radical (unpaired) electrons. The van der Waals surface area contributed by atoms with Crippen LogP contribution in [-0.2, 0) is 0 Å². The Morgan fingerprint density at radius 1 is 1.05 bits per heavy atom. The van der Waals surface area contributed by atoms with Crippen LogP contribution in [0.5, 0.6) is 0 Å². The molecule has 0 aliphatic heterocycles. The van der Waals surface area contributed by atoms with Crippen LogP contribution in [-0.4, -0.2) is 5.91 Å². The van der Waals surface area contributed by atoms with Crippen molar-refractivity contribution in [3.05, 3.63) is 64.7 Å². The summed E-state index contributed by atoms with van der Waals surface area (Å²) < 4.78 is 26.5. The first-order valence-electron chi connectivity index (χ1n) is 5.81. The third kappa shape index (κ3) is 2.78. The highest BCUT2D eigenvalue weighted by Crippen LogP contribution is 2.17. The molecule has 2 aromatic carbocycles. The molecule has 19 heavy (non-hydrogen) atoms. The van der Waals surface area contributed by atoms with E-state index in [0.717, 1.165) is 17.2 Å². The molecule has 0 unspecified atom stereocenters. The lowest BCUT2D eigenvalue weighted by atomic mass is 10.1. The fourth-order valence-electron chi connectivity index (χ4n) is 1.70. The van der Waals surface area contributed by atoms with Gasteiger partial charge in [0.1, 0.15) is 0 Å². The molecule has 0 saturated carbocycles. The van der Waals surface area contributed by atoms with Crippen molar-refractivity contribution in [2.24, 2.45) is 0 Å². The van der Waals surface area contributed by atoms with Crippen LogP contribution in [0.15, 0.2) is 36.4 Å². The number of carbonyl (C=O) groups is 1. The Kier molecular flexibility index (Phi) is 3.60. The zero-order chi connectivity index (χ0) is 14.0. The van der Waals surface area contributed by atoms with E-state index in [1.54, 1.807) is 12.1 Å². The summed E-state index contributed by atoms with van der Waals surface area (Å²) in [4.78, 5) is 11.9.